The monoisotopic (exact) mass is 527 g/mol. The molecule has 6 rings (SSSR count). The van der Waals surface area contributed by atoms with Crippen LogP contribution in [0.1, 0.15) is 43.1 Å². The van der Waals surface area contributed by atoms with Gasteiger partial charge in [0.15, 0.2) is 5.11 Å². The number of hydrogen-bond donors (Lipinski definition) is 1. The lowest BCUT2D eigenvalue weighted by atomic mass is 9.98. The minimum Gasteiger partial charge on any atom is -0.370 e. The van der Waals surface area contributed by atoms with E-state index in [0.29, 0.717) is 5.11 Å². The summed E-state index contributed by atoms with van der Waals surface area (Å²) in [6.45, 7) is 4.41. The first-order chi connectivity index (χ1) is 18.1. The second-order valence-corrected chi connectivity index (χ2v) is 10.8. The molecule has 2 saturated heterocycles. The molecule has 2 aliphatic heterocycles. The van der Waals surface area contributed by atoms with Crippen molar-refractivity contribution in [2.75, 3.05) is 22.9 Å². The maximum Gasteiger partial charge on any atom is 0.174 e. The average Bonchev–Trinajstić information content (AvgIpc) is 3.55. The van der Waals surface area contributed by atoms with E-state index in [1.807, 2.05) is 24.4 Å². The van der Waals surface area contributed by atoms with Crippen LogP contribution in [0.15, 0.2) is 91.4 Å². The van der Waals surface area contributed by atoms with Crippen LogP contribution in [0.5, 0.6) is 0 Å². The van der Waals surface area contributed by atoms with Crippen LogP contribution in [0, 0.1) is 5.92 Å². The molecule has 0 unspecified atom stereocenters. The number of pyridine rings is 1. The molecule has 188 valence electrons. The van der Waals surface area contributed by atoms with Crippen molar-refractivity contribution < 1.29 is 0 Å². The standard InChI is InChI=1S/C30H30ClN5S/c1-21-12-16-34(17-13-21)27-11-10-24(19-25(27)31)36-29(28(33-30(36)37)26-9-5-6-15-32-26)22-14-18-35(20-22)23-7-3-2-4-8-23/h2-11,14-15,18-21,28-29H,12-13,16-17H2,1H3,(H,33,37)/t28-,29+/m1/s1. The SMILES string of the molecule is CC1CCN(c2ccc(N3C(=S)N[C@H](c4ccccn4)[C@@H]3c3ccn(-c4ccccc4)c3)cc2Cl)CC1. The first kappa shape index (κ1) is 24.0. The average molecular weight is 528 g/mol. The fourth-order valence-corrected chi connectivity index (χ4v) is 6.11. The predicted molar refractivity (Wildman–Crippen MR) is 156 cm³/mol. The van der Waals surface area contributed by atoms with Crippen LogP contribution < -0.4 is 15.1 Å². The summed E-state index contributed by atoms with van der Waals surface area (Å²) in [6, 6.07) is 24.7. The molecule has 0 aliphatic carbocycles. The van der Waals surface area contributed by atoms with Gasteiger partial charge in [-0.2, -0.15) is 0 Å². The van der Waals surface area contributed by atoms with E-state index < -0.39 is 0 Å². The summed E-state index contributed by atoms with van der Waals surface area (Å²) in [5.41, 5.74) is 5.30. The molecular weight excluding hydrogens is 498 g/mol. The van der Waals surface area contributed by atoms with Crippen molar-refractivity contribution in [3.8, 4) is 5.69 Å². The minimum atomic E-state index is -0.0950. The molecule has 0 saturated carbocycles. The van der Waals surface area contributed by atoms with Gasteiger partial charge in [-0.15, -0.1) is 0 Å². The zero-order valence-electron chi connectivity index (χ0n) is 20.8. The number of nitrogens with zero attached hydrogens (tertiary/aromatic N) is 4. The number of anilines is 2. The van der Waals surface area contributed by atoms with E-state index in [2.05, 4.69) is 98.6 Å². The Kier molecular flexibility index (Phi) is 6.61. The number of nitrogens with one attached hydrogen (secondary N) is 1. The van der Waals surface area contributed by atoms with Crippen molar-refractivity contribution in [2.24, 2.45) is 5.92 Å². The molecule has 2 atom stereocenters. The van der Waals surface area contributed by atoms with E-state index in [-0.39, 0.29) is 12.1 Å². The highest BCUT2D eigenvalue weighted by atomic mass is 35.5. The Hall–Kier alpha value is -3.35. The zero-order valence-corrected chi connectivity index (χ0v) is 22.4. The zero-order chi connectivity index (χ0) is 25.4. The number of rotatable bonds is 5. The van der Waals surface area contributed by atoms with Crippen LogP contribution in [0.3, 0.4) is 0 Å². The Morgan fingerprint density at radius 1 is 0.946 bits per heavy atom. The molecule has 2 aliphatic rings. The van der Waals surface area contributed by atoms with Gasteiger partial charge in [0.05, 0.1) is 28.5 Å². The van der Waals surface area contributed by atoms with E-state index in [9.17, 15) is 0 Å². The Bertz CT molecular complexity index is 1380. The van der Waals surface area contributed by atoms with Crippen LogP contribution in [-0.2, 0) is 0 Å². The fourth-order valence-electron chi connectivity index (χ4n) is 5.47. The quantitative estimate of drug-likeness (QED) is 0.284. The van der Waals surface area contributed by atoms with E-state index in [0.717, 1.165) is 52.3 Å². The van der Waals surface area contributed by atoms with Crippen molar-refractivity contribution >= 4 is 40.3 Å². The molecule has 2 fully saturated rings. The van der Waals surface area contributed by atoms with Gasteiger partial charge in [-0.3, -0.25) is 4.98 Å². The number of hydrogen-bond acceptors (Lipinski definition) is 3. The fraction of sp³-hybridized carbons (Fsp3) is 0.267. The summed E-state index contributed by atoms with van der Waals surface area (Å²) in [5.74, 6) is 0.773. The molecule has 0 amide bonds. The summed E-state index contributed by atoms with van der Waals surface area (Å²) in [4.78, 5) is 9.27. The molecule has 7 heteroatoms. The first-order valence-corrected chi connectivity index (χ1v) is 13.7. The third-order valence-corrected chi connectivity index (χ3v) is 8.16. The van der Waals surface area contributed by atoms with Crippen LogP contribution in [0.4, 0.5) is 11.4 Å². The third kappa shape index (κ3) is 4.72. The highest BCUT2D eigenvalue weighted by Crippen LogP contribution is 2.43. The summed E-state index contributed by atoms with van der Waals surface area (Å²) >= 11 is 12.8. The predicted octanol–water partition coefficient (Wildman–Crippen LogP) is 6.94. The summed E-state index contributed by atoms with van der Waals surface area (Å²) in [6.07, 6.45) is 8.52. The molecule has 5 nitrogen and oxygen atoms in total. The number of para-hydroxylation sites is 1. The lowest BCUT2D eigenvalue weighted by molar-refractivity contribution is 0.438. The largest absolute Gasteiger partial charge is 0.370 e. The summed E-state index contributed by atoms with van der Waals surface area (Å²) in [7, 11) is 0. The van der Waals surface area contributed by atoms with Gasteiger partial charge >= 0.3 is 0 Å². The van der Waals surface area contributed by atoms with E-state index >= 15 is 0 Å². The van der Waals surface area contributed by atoms with Gasteiger partial charge in [0.25, 0.3) is 0 Å². The second-order valence-electron chi connectivity index (χ2n) is 9.99. The highest BCUT2D eigenvalue weighted by Gasteiger charge is 2.41. The van der Waals surface area contributed by atoms with Crippen molar-refractivity contribution in [3.63, 3.8) is 0 Å². The summed E-state index contributed by atoms with van der Waals surface area (Å²) < 4.78 is 2.15. The van der Waals surface area contributed by atoms with Crippen LogP contribution in [-0.4, -0.2) is 27.8 Å². The molecule has 4 heterocycles. The molecule has 1 N–H and O–H groups in total. The Morgan fingerprint density at radius 3 is 2.46 bits per heavy atom. The van der Waals surface area contributed by atoms with E-state index in [4.69, 9.17) is 23.8 Å². The molecule has 0 spiro atoms. The lowest BCUT2D eigenvalue weighted by Gasteiger charge is -2.33. The molecule has 2 aromatic carbocycles. The van der Waals surface area contributed by atoms with Gasteiger partial charge in [-0.1, -0.05) is 42.8 Å². The number of thiocarbonyl (C=S) groups is 1. The molecule has 2 aromatic heterocycles. The number of halogens is 1. The molecule has 4 aromatic rings. The lowest BCUT2D eigenvalue weighted by Crippen LogP contribution is -2.33. The van der Waals surface area contributed by atoms with Gasteiger partial charge in [0.1, 0.15) is 0 Å². The van der Waals surface area contributed by atoms with Crippen molar-refractivity contribution in [3.05, 3.63) is 108 Å². The topological polar surface area (TPSA) is 36.3 Å². The molecule has 37 heavy (non-hydrogen) atoms. The van der Waals surface area contributed by atoms with E-state index in [1.54, 1.807) is 0 Å². The molecule has 0 radical (unpaired) electrons. The summed E-state index contributed by atoms with van der Waals surface area (Å²) in [5, 5.41) is 4.98. The van der Waals surface area contributed by atoms with Crippen molar-refractivity contribution in [1.29, 1.82) is 0 Å². The molecular formula is C30H30ClN5S. The van der Waals surface area contributed by atoms with Crippen LogP contribution >= 0.6 is 23.8 Å². The first-order valence-electron chi connectivity index (χ1n) is 12.9. The molecule has 0 bridgehead atoms. The van der Waals surface area contributed by atoms with Gasteiger partial charge in [-0.05, 0) is 85.1 Å². The third-order valence-electron chi connectivity index (χ3n) is 7.54. The maximum atomic E-state index is 6.91. The van der Waals surface area contributed by atoms with Gasteiger partial charge in [0, 0.05) is 43.1 Å². The Morgan fingerprint density at radius 2 is 1.73 bits per heavy atom. The van der Waals surface area contributed by atoms with Crippen molar-refractivity contribution in [1.82, 2.24) is 14.9 Å². The highest BCUT2D eigenvalue weighted by molar-refractivity contribution is 7.80. The van der Waals surface area contributed by atoms with Gasteiger partial charge in [-0.25, -0.2) is 0 Å². The van der Waals surface area contributed by atoms with Gasteiger partial charge in [0.2, 0.25) is 0 Å². The number of piperidine rings is 1. The number of aromatic nitrogens is 2. The Labute approximate surface area is 228 Å². The minimum absolute atomic E-state index is 0.0786. The Balaban J connectivity index is 1.38. The maximum absolute atomic E-state index is 6.91. The number of benzene rings is 2. The second kappa shape index (κ2) is 10.2. The normalized spacial score (nSPS) is 20.3. The van der Waals surface area contributed by atoms with Crippen molar-refractivity contribution in [2.45, 2.75) is 31.8 Å². The van der Waals surface area contributed by atoms with E-state index in [1.165, 1.54) is 12.8 Å². The van der Waals surface area contributed by atoms with Crippen LogP contribution in [0.2, 0.25) is 5.02 Å². The van der Waals surface area contributed by atoms with Crippen LogP contribution in [0.25, 0.3) is 5.69 Å². The smallest absolute Gasteiger partial charge is 0.174 e. The van der Waals surface area contributed by atoms with Gasteiger partial charge < -0.3 is 19.7 Å².